The van der Waals surface area contributed by atoms with E-state index < -0.39 is 11.9 Å². The molecule has 3 aromatic rings. The van der Waals surface area contributed by atoms with Gasteiger partial charge < -0.3 is 10.2 Å². The number of rotatable bonds is 12. The van der Waals surface area contributed by atoms with Crippen LogP contribution in [0.1, 0.15) is 30.5 Å². The van der Waals surface area contributed by atoms with Gasteiger partial charge in [-0.1, -0.05) is 91.6 Å². The maximum absolute atomic E-state index is 14.6. The fourth-order valence-electron chi connectivity index (χ4n) is 3.76. The summed E-state index contributed by atoms with van der Waals surface area (Å²) in [5, 5.41) is 3.90. The van der Waals surface area contributed by atoms with Crippen LogP contribution in [0.15, 0.2) is 72.8 Å². The molecule has 0 fully saturated rings. The van der Waals surface area contributed by atoms with Crippen LogP contribution >= 0.6 is 35.0 Å². The standard InChI is InChI=1S/C29H31Cl2FN2O2S/c1-20(2)16-33-29(36)27(15-21-8-4-3-5-9-21)34(17-23-10-6-7-11-26(23)32)28(35)19-37-18-22-12-13-24(30)25(31)14-22/h3-14,20,27H,15-19H2,1-2H3,(H,33,36). The van der Waals surface area contributed by atoms with Crippen molar-refractivity contribution in [3.63, 3.8) is 0 Å². The van der Waals surface area contributed by atoms with E-state index in [4.69, 9.17) is 23.2 Å². The van der Waals surface area contributed by atoms with Crippen molar-refractivity contribution in [2.75, 3.05) is 12.3 Å². The van der Waals surface area contributed by atoms with E-state index in [0.717, 1.165) is 11.1 Å². The summed E-state index contributed by atoms with van der Waals surface area (Å²) in [5.41, 5.74) is 2.21. The second kappa shape index (κ2) is 14.4. The lowest BCUT2D eigenvalue weighted by molar-refractivity contribution is -0.139. The molecule has 0 aliphatic rings. The molecule has 37 heavy (non-hydrogen) atoms. The monoisotopic (exact) mass is 560 g/mol. The molecule has 0 bridgehead atoms. The number of halogens is 3. The fraction of sp³-hybridized carbons (Fsp3) is 0.310. The molecule has 3 aromatic carbocycles. The summed E-state index contributed by atoms with van der Waals surface area (Å²) < 4.78 is 14.6. The Balaban J connectivity index is 1.85. The first-order valence-corrected chi connectivity index (χ1v) is 14.0. The van der Waals surface area contributed by atoms with Crippen molar-refractivity contribution in [2.45, 2.75) is 38.6 Å². The number of nitrogens with zero attached hydrogens (tertiary/aromatic N) is 1. The number of carbonyl (C=O) groups is 2. The maximum atomic E-state index is 14.6. The molecule has 1 N–H and O–H groups in total. The first-order chi connectivity index (χ1) is 17.7. The zero-order valence-corrected chi connectivity index (χ0v) is 23.3. The number of amides is 2. The Morgan fingerprint density at radius 2 is 1.65 bits per heavy atom. The van der Waals surface area contributed by atoms with Gasteiger partial charge in [0.2, 0.25) is 11.8 Å². The van der Waals surface area contributed by atoms with Gasteiger partial charge in [0, 0.05) is 30.8 Å². The highest BCUT2D eigenvalue weighted by Gasteiger charge is 2.30. The average molecular weight is 562 g/mol. The smallest absolute Gasteiger partial charge is 0.243 e. The number of carbonyl (C=O) groups excluding carboxylic acids is 2. The topological polar surface area (TPSA) is 49.4 Å². The zero-order chi connectivity index (χ0) is 26.8. The molecule has 0 spiro atoms. The summed E-state index contributed by atoms with van der Waals surface area (Å²) in [5.74, 6) is 0.00513. The van der Waals surface area contributed by atoms with Gasteiger partial charge in [-0.05, 0) is 35.2 Å². The zero-order valence-electron chi connectivity index (χ0n) is 20.9. The van der Waals surface area contributed by atoms with Crippen LogP contribution in [0.2, 0.25) is 10.0 Å². The van der Waals surface area contributed by atoms with E-state index >= 15 is 0 Å². The van der Waals surface area contributed by atoms with Crippen LogP contribution in [-0.2, 0) is 28.3 Å². The van der Waals surface area contributed by atoms with Crippen LogP contribution in [0.4, 0.5) is 4.39 Å². The predicted octanol–water partition coefficient (Wildman–Crippen LogP) is 6.78. The van der Waals surface area contributed by atoms with Gasteiger partial charge in [0.25, 0.3) is 0 Å². The molecule has 0 saturated carbocycles. The molecule has 0 saturated heterocycles. The first-order valence-electron chi connectivity index (χ1n) is 12.1. The maximum Gasteiger partial charge on any atom is 0.243 e. The van der Waals surface area contributed by atoms with Crippen molar-refractivity contribution in [3.8, 4) is 0 Å². The molecule has 0 aliphatic heterocycles. The Hall–Kier alpha value is -2.54. The van der Waals surface area contributed by atoms with Crippen molar-refractivity contribution < 1.29 is 14.0 Å². The van der Waals surface area contributed by atoms with Gasteiger partial charge >= 0.3 is 0 Å². The van der Waals surface area contributed by atoms with Gasteiger partial charge in [-0.15, -0.1) is 11.8 Å². The minimum absolute atomic E-state index is 0.00849. The molecule has 4 nitrogen and oxygen atoms in total. The summed E-state index contributed by atoms with van der Waals surface area (Å²) >= 11 is 13.5. The quantitative estimate of drug-likeness (QED) is 0.265. The van der Waals surface area contributed by atoms with Crippen molar-refractivity contribution in [1.29, 1.82) is 0 Å². The number of nitrogens with one attached hydrogen (secondary N) is 1. The summed E-state index contributed by atoms with van der Waals surface area (Å²) in [6.07, 6.45) is 0.322. The fourth-order valence-corrected chi connectivity index (χ4v) is 4.93. The van der Waals surface area contributed by atoms with Crippen molar-refractivity contribution in [1.82, 2.24) is 10.2 Å². The molecule has 1 atom stereocenters. The van der Waals surface area contributed by atoms with E-state index in [1.54, 1.807) is 30.3 Å². The number of benzene rings is 3. The van der Waals surface area contributed by atoms with Gasteiger partial charge in [-0.3, -0.25) is 9.59 Å². The highest BCUT2D eigenvalue weighted by molar-refractivity contribution is 7.99. The Labute approximate surface area is 232 Å². The molecular formula is C29H31Cl2FN2O2S. The van der Waals surface area contributed by atoms with Gasteiger partial charge in [0.15, 0.2) is 0 Å². The Morgan fingerprint density at radius 1 is 0.946 bits per heavy atom. The van der Waals surface area contributed by atoms with E-state index in [1.807, 2.05) is 50.2 Å². The molecule has 8 heteroatoms. The van der Waals surface area contributed by atoms with E-state index in [1.165, 1.54) is 22.7 Å². The normalized spacial score (nSPS) is 11.8. The van der Waals surface area contributed by atoms with Crippen LogP contribution in [0.25, 0.3) is 0 Å². The van der Waals surface area contributed by atoms with Crippen molar-refractivity contribution in [3.05, 3.63) is 105 Å². The summed E-state index contributed by atoms with van der Waals surface area (Å²) in [4.78, 5) is 28.5. The molecule has 0 heterocycles. The van der Waals surface area contributed by atoms with E-state index in [2.05, 4.69) is 5.32 Å². The lowest BCUT2D eigenvalue weighted by atomic mass is 10.0. The predicted molar refractivity (Wildman–Crippen MR) is 151 cm³/mol. The SMILES string of the molecule is CC(C)CNC(=O)C(Cc1ccccc1)N(Cc1ccccc1F)C(=O)CSCc1ccc(Cl)c(Cl)c1. The number of hydrogen-bond acceptors (Lipinski definition) is 3. The van der Waals surface area contributed by atoms with Crippen LogP contribution < -0.4 is 5.32 Å². The summed E-state index contributed by atoms with van der Waals surface area (Å²) in [6.45, 7) is 4.49. The van der Waals surface area contributed by atoms with Crippen molar-refractivity contribution in [2.24, 2.45) is 5.92 Å². The molecule has 0 aliphatic carbocycles. The summed E-state index contributed by atoms with van der Waals surface area (Å²) in [7, 11) is 0. The largest absolute Gasteiger partial charge is 0.354 e. The average Bonchev–Trinajstić information content (AvgIpc) is 2.88. The molecule has 2 amide bonds. The first kappa shape index (κ1) is 29.0. The summed E-state index contributed by atoms with van der Waals surface area (Å²) in [6, 6.07) is 20.5. The molecule has 1 unspecified atom stereocenters. The van der Waals surface area contributed by atoms with Gasteiger partial charge in [0.05, 0.1) is 15.8 Å². The Kier molecular flexibility index (Phi) is 11.3. The Morgan fingerprint density at radius 3 is 2.32 bits per heavy atom. The van der Waals surface area contributed by atoms with Gasteiger partial charge in [-0.25, -0.2) is 4.39 Å². The van der Waals surface area contributed by atoms with Crippen LogP contribution in [-0.4, -0.2) is 35.1 Å². The lowest BCUT2D eigenvalue weighted by Gasteiger charge is -2.32. The van der Waals surface area contributed by atoms with E-state index in [0.29, 0.717) is 34.3 Å². The minimum atomic E-state index is -0.793. The number of thioether (sulfide) groups is 1. The van der Waals surface area contributed by atoms with Crippen LogP contribution in [0.3, 0.4) is 0 Å². The second-order valence-corrected chi connectivity index (χ2v) is 11.0. The van der Waals surface area contributed by atoms with Crippen LogP contribution in [0, 0.1) is 11.7 Å². The highest BCUT2D eigenvalue weighted by Crippen LogP contribution is 2.25. The van der Waals surface area contributed by atoms with Crippen LogP contribution in [0.5, 0.6) is 0 Å². The van der Waals surface area contributed by atoms with E-state index in [-0.39, 0.29) is 30.0 Å². The molecule has 0 radical (unpaired) electrons. The third-order valence-corrected chi connectivity index (χ3v) is 7.46. The third kappa shape index (κ3) is 9.06. The van der Waals surface area contributed by atoms with Crippen molar-refractivity contribution >= 4 is 46.8 Å². The highest BCUT2D eigenvalue weighted by atomic mass is 35.5. The molecular weight excluding hydrogens is 530 g/mol. The third-order valence-electron chi connectivity index (χ3n) is 5.73. The lowest BCUT2D eigenvalue weighted by Crippen LogP contribution is -2.51. The minimum Gasteiger partial charge on any atom is -0.354 e. The molecule has 3 rings (SSSR count). The molecule has 196 valence electrons. The second-order valence-electron chi connectivity index (χ2n) is 9.20. The van der Waals surface area contributed by atoms with Gasteiger partial charge in [-0.2, -0.15) is 0 Å². The number of hydrogen-bond donors (Lipinski definition) is 1. The van der Waals surface area contributed by atoms with E-state index in [9.17, 15) is 14.0 Å². The van der Waals surface area contributed by atoms with Gasteiger partial charge in [0.1, 0.15) is 11.9 Å². The Bertz CT molecular complexity index is 1190. The molecule has 0 aromatic heterocycles.